The number of nitrogens with zero attached hydrogens (tertiary/aromatic N) is 2. The van der Waals surface area contributed by atoms with Crippen molar-refractivity contribution < 1.29 is 25.2 Å². The summed E-state index contributed by atoms with van der Waals surface area (Å²) in [6, 6.07) is 6.97. The molecule has 5 atom stereocenters. The Morgan fingerprint density at radius 3 is 2.76 bits per heavy atom. The Morgan fingerprint density at radius 2 is 2.00 bits per heavy atom. The van der Waals surface area contributed by atoms with E-state index in [-0.39, 0.29) is 5.82 Å². The van der Waals surface area contributed by atoms with Crippen molar-refractivity contribution in [1.82, 2.24) is 9.97 Å². The van der Waals surface area contributed by atoms with Gasteiger partial charge in [-0.1, -0.05) is 12.1 Å². The average Bonchev–Trinajstić information content (AvgIpc) is 2.62. The number of rotatable bonds is 4. The summed E-state index contributed by atoms with van der Waals surface area (Å²) in [5.74, 6) is -0.0560. The molecule has 25 heavy (non-hydrogen) atoms. The maximum absolute atomic E-state index is 11.9. The van der Waals surface area contributed by atoms with Crippen molar-refractivity contribution in [1.29, 1.82) is 0 Å². The number of hydrogen-bond acceptors (Lipinski definition) is 9. The lowest BCUT2D eigenvalue weighted by Gasteiger charge is -2.38. The topological polar surface area (TPSA) is 160 Å². The molecule has 1 aliphatic rings. The van der Waals surface area contributed by atoms with Crippen LogP contribution in [0.3, 0.4) is 0 Å². The van der Waals surface area contributed by atoms with Crippen molar-refractivity contribution in [3.8, 4) is 0 Å². The quantitative estimate of drug-likeness (QED) is 0.277. The number of anilines is 1. The number of hydrogen-bond donors (Lipinski definition) is 6. The number of benzene rings is 1. The highest BCUT2D eigenvalue weighted by Gasteiger charge is 2.42. The number of H-pyrrole nitrogens is 1. The normalized spacial score (nSPS) is 30.0. The highest BCUT2D eigenvalue weighted by atomic mass is 16.5. The molecule has 0 bridgehead atoms. The summed E-state index contributed by atoms with van der Waals surface area (Å²) in [4.78, 5) is 18.7. The van der Waals surface area contributed by atoms with Crippen LogP contribution in [-0.4, -0.2) is 73.7 Å². The maximum Gasteiger partial charge on any atom is 0.293 e. The number of aromatic amines is 1. The van der Waals surface area contributed by atoms with E-state index < -0.39 is 42.7 Å². The monoisotopic (exact) mass is 350 g/mol. The number of para-hydroxylation sites is 2. The summed E-state index contributed by atoms with van der Waals surface area (Å²) in [7, 11) is 0. The third kappa shape index (κ3) is 3.52. The number of hydrazone groups is 1. The summed E-state index contributed by atoms with van der Waals surface area (Å²) in [6.07, 6.45) is -5.36. The van der Waals surface area contributed by atoms with E-state index in [1.54, 1.807) is 24.3 Å². The van der Waals surface area contributed by atoms with Gasteiger partial charge >= 0.3 is 0 Å². The Bertz CT molecular complexity index is 823. The first-order valence-corrected chi connectivity index (χ1v) is 7.60. The van der Waals surface area contributed by atoms with Gasteiger partial charge in [-0.05, 0) is 12.1 Å². The first kappa shape index (κ1) is 17.5. The van der Waals surface area contributed by atoms with Gasteiger partial charge in [-0.3, -0.25) is 10.2 Å². The average molecular weight is 350 g/mol. The Kier molecular flexibility index (Phi) is 5.06. The van der Waals surface area contributed by atoms with Crippen LogP contribution >= 0.6 is 0 Å². The molecule has 1 saturated heterocycles. The molecule has 10 nitrogen and oxygen atoms in total. The first-order valence-electron chi connectivity index (χ1n) is 7.60. The highest BCUT2D eigenvalue weighted by molar-refractivity contribution is 5.75. The number of fused-ring (bicyclic) bond motifs is 1. The summed E-state index contributed by atoms with van der Waals surface area (Å²) < 4.78 is 5.26. The van der Waals surface area contributed by atoms with E-state index >= 15 is 0 Å². The fraction of sp³-hybridized carbons (Fsp3) is 0.400. The van der Waals surface area contributed by atoms with Crippen LogP contribution in [0.25, 0.3) is 11.0 Å². The predicted octanol–water partition coefficient (Wildman–Crippen LogP) is -1.84. The van der Waals surface area contributed by atoms with Crippen molar-refractivity contribution in [3.05, 3.63) is 34.6 Å². The number of aliphatic hydroxyl groups is 4. The van der Waals surface area contributed by atoms with Gasteiger partial charge in [0.25, 0.3) is 5.56 Å². The van der Waals surface area contributed by atoms with Gasteiger partial charge in [-0.25, -0.2) is 4.98 Å². The second-order valence-corrected chi connectivity index (χ2v) is 5.62. The molecule has 1 aliphatic heterocycles. The zero-order chi connectivity index (χ0) is 18.0. The van der Waals surface area contributed by atoms with Gasteiger partial charge in [0, 0.05) is 0 Å². The standard InChI is InChI=1S/C15H18N4O6/c20-6-10-12(22)13(23)11(21)9(25-10)5-16-19-14-15(24)18-8-4-2-1-3-7(8)17-14/h1-5,9-13,20-23H,6H2,(H,17,19)(H,18,24)/b16-5+/t9-,10+,11-,12+,13+/m0/s1. The molecule has 1 aromatic heterocycles. The van der Waals surface area contributed by atoms with Gasteiger partial charge in [0.05, 0.1) is 23.9 Å². The van der Waals surface area contributed by atoms with Gasteiger partial charge in [0.1, 0.15) is 30.5 Å². The largest absolute Gasteiger partial charge is 0.394 e. The molecule has 0 amide bonds. The second-order valence-electron chi connectivity index (χ2n) is 5.62. The molecule has 2 aromatic rings. The predicted molar refractivity (Wildman–Crippen MR) is 88.2 cm³/mol. The summed E-state index contributed by atoms with van der Waals surface area (Å²) in [5, 5.41) is 42.2. The lowest BCUT2D eigenvalue weighted by molar-refractivity contribution is -0.210. The van der Waals surface area contributed by atoms with Crippen LogP contribution in [0.4, 0.5) is 5.82 Å². The molecule has 0 saturated carbocycles. The Hall–Kier alpha value is -2.37. The lowest BCUT2D eigenvalue weighted by Crippen LogP contribution is -2.58. The van der Waals surface area contributed by atoms with E-state index in [0.717, 1.165) is 6.21 Å². The molecular formula is C15H18N4O6. The van der Waals surface area contributed by atoms with Gasteiger partial charge in [0.15, 0.2) is 0 Å². The molecule has 2 heterocycles. The second kappa shape index (κ2) is 7.25. The van der Waals surface area contributed by atoms with E-state index in [4.69, 9.17) is 9.84 Å². The van der Waals surface area contributed by atoms with Crippen LogP contribution in [-0.2, 0) is 4.74 Å². The summed E-state index contributed by atoms with van der Waals surface area (Å²) >= 11 is 0. The van der Waals surface area contributed by atoms with Crippen molar-refractivity contribution in [3.63, 3.8) is 0 Å². The molecule has 10 heteroatoms. The van der Waals surface area contributed by atoms with Gasteiger partial charge in [0.2, 0.25) is 5.82 Å². The Balaban J connectivity index is 1.74. The van der Waals surface area contributed by atoms with Crippen LogP contribution < -0.4 is 11.0 Å². The zero-order valence-corrected chi connectivity index (χ0v) is 13.0. The van der Waals surface area contributed by atoms with Crippen LogP contribution in [0.5, 0.6) is 0 Å². The summed E-state index contributed by atoms with van der Waals surface area (Å²) in [6.45, 7) is -0.533. The van der Waals surface area contributed by atoms with Crippen molar-refractivity contribution >= 4 is 23.1 Å². The van der Waals surface area contributed by atoms with Crippen molar-refractivity contribution in [2.45, 2.75) is 30.5 Å². The number of ether oxygens (including phenoxy) is 1. The van der Waals surface area contributed by atoms with Crippen LogP contribution in [0, 0.1) is 0 Å². The van der Waals surface area contributed by atoms with Gasteiger partial charge in [-0.2, -0.15) is 5.10 Å². The van der Waals surface area contributed by atoms with Crippen LogP contribution in [0.15, 0.2) is 34.2 Å². The molecule has 1 fully saturated rings. The van der Waals surface area contributed by atoms with E-state index in [1.165, 1.54) is 0 Å². The number of aromatic nitrogens is 2. The molecule has 6 N–H and O–H groups in total. The van der Waals surface area contributed by atoms with Crippen LogP contribution in [0.2, 0.25) is 0 Å². The molecule has 134 valence electrons. The zero-order valence-electron chi connectivity index (χ0n) is 13.0. The van der Waals surface area contributed by atoms with E-state index in [9.17, 15) is 20.1 Å². The lowest BCUT2D eigenvalue weighted by atomic mass is 9.96. The van der Waals surface area contributed by atoms with Gasteiger partial charge < -0.3 is 30.1 Å². The molecule has 0 aliphatic carbocycles. The minimum atomic E-state index is -1.50. The van der Waals surface area contributed by atoms with E-state index in [2.05, 4.69) is 20.5 Å². The van der Waals surface area contributed by atoms with Crippen molar-refractivity contribution in [2.24, 2.45) is 5.10 Å². The Morgan fingerprint density at radius 1 is 1.24 bits per heavy atom. The number of aliphatic hydroxyl groups excluding tert-OH is 4. The first-order chi connectivity index (χ1) is 12.0. The number of nitrogens with one attached hydrogen (secondary N) is 2. The highest BCUT2D eigenvalue weighted by Crippen LogP contribution is 2.20. The van der Waals surface area contributed by atoms with Gasteiger partial charge in [-0.15, -0.1) is 0 Å². The third-order valence-corrected chi connectivity index (χ3v) is 3.92. The summed E-state index contributed by atoms with van der Waals surface area (Å²) in [5.41, 5.74) is 3.11. The molecule has 0 radical (unpaired) electrons. The molecule has 3 rings (SSSR count). The van der Waals surface area contributed by atoms with E-state index in [1.807, 2.05) is 0 Å². The van der Waals surface area contributed by atoms with Crippen molar-refractivity contribution in [2.75, 3.05) is 12.0 Å². The molecule has 0 spiro atoms. The SMILES string of the molecule is O=c1[nH]c2ccccc2nc1N/N=C/[C@@H]1O[C@H](CO)[C@@H](O)[C@H](O)[C@H]1O. The van der Waals surface area contributed by atoms with Crippen LogP contribution in [0.1, 0.15) is 0 Å². The molecular weight excluding hydrogens is 332 g/mol. The maximum atomic E-state index is 11.9. The fourth-order valence-electron chi connectivity index (χ4n) is 2.53. The fourth-order valence-corrected chi connectivity index (χ4v) is 2.53. The minimum absolute atomic E-state index is 0.0560. The third-order valence-electron chi connectivity index (χ3n) is 3.92. The smallest absolute Gasteiger partial charge is 0.293 e. The minimum Gasteiger partial charge on any atom is -0.394 e. The molecule has 1 aromatic carbocycles. The van der Waals surface area contributed by atoms with E-state index in [0.29, 0.717) is 11.0 Å². The molecule has 0 unspecified atom stereocenters. The Labute approximate surface area is 141 Å².